The van der Waals surface area contributed by atoms with Gasteiger partial charge < -0.3 is 10.2 Å². The van der Waals surface area contributed by atoms with Crippen LogP contribution < -0.4 is 5.32 Å². The van der Waals surface area contributed by atoms with Gasteiger partial charge in [-0.05, 0) is 12.8 Å². The quantitative estimate of drug-likeness (QED) is 0.828. The molecule has 2 aliphatic rings. The van der Waals surface area contributed by atoms with Crippen LogP contribution in [0.2, 0.25) is 0 Å². The van der Waals surface area contributed by atoms with Gasteiger partial charge in [0.2, 0.25) is 5.91 Å². The van der Waals surface area contributed by atoms with Gasteiger partial charge in [0.05, 0.1) is 5.25 Å². The number of carbonyl (C=O) groups is 1. The highest BCUT2D eigenvalue weighted by Crippen LogP contribution is 2.28. The summed E-state index contributed by atoms with van der Waals surface area (Å²) in [6, 6.07) is 0. The number of amides is 1. The van der Waals surface area contributed by atoms with Gasteiger partial charge in [-0.2, -0.15) is 13.2 Å². The third-order valence-corrected chi connectivity index (χ3v) is 3.96. The molecule has 1 atom stereocenters. The highest BCUT2D eigenvalue weighted by atomic mass is 32.2. The standard InChI is InChI=1S/C10H14F3N3OS/c11-10(12,13)6-16-5-2-7(8(16)17)18-9-14-3-1-4-15-9/h7H,1-6H2,(H,14,15). The second-order valence-corrected chi connectivity index (χ2v) is 5.43. The Hall–Kier alpha value is -0.920. The number of aliphatic imine (C=N–C) groups is 1. The molecule has 2 heterocycles. The van der Waals surface area contributed by atoms with Crippen LogP contribution in [0, 0.1) is 0 Å². The molecule has 4 nitrogen and oxygen atoms in total. The fourth-order valence-electron chi connectivity index (χ4n) is 1.92. The number of hydrogen-bond acceptors (Lipinski definition) is 4. The summed E-state index contributed by atoms with van der Waals surface area (Å²) in [4.78, 5) is 16.9. The molecule has 1 saturated heterocycles. The zero-order valence-electron chi connectivity index (χ0n) is 9.66. The van der Waals surface area contributed by atoms with E-state index in [-0.39, 0.29) is 6.54 Å². The first-order valence-corrected chi connectivity index (χ1v) is 6.64. The van der Waals surface area contributed by atoms with Crippen LogP contribution in [0.1, 0.15) is 12.8 Å². The molecule has 1 fully saturated rings. The summed E-state index contributed by atoms with van der Waals surface area (Å²) in [5, 5.41) is 3.29. The molecule has 0 bridgehead atoms. The van der Waals surface area contributed by atoms with E-state index in [0.29, 0.717) is 18.1 Å². The van der Waals surface area contributed by atoms with Gasteiger partial charge in [-0.1, -0.05) is 11.8 Å². The third-order valence-electron chi connectivity index (χ3n) is 2.74. The monoisotopic (exact) mass is 281 g/mol. The average molecular weight is 281 g/mol. The summed E-state index contributed by atoms with van der Waals surface area (Å²) in [6.45, 7) is 0.535. The van der Waals surface area contributed by atoms with Gasteiger partial charge in [0.1, 0.15) is 6.54 Å². The topological polar surface area (TPSA) is 44.7 Å². The van der Waals surface area contributed by atoms with Gasteiger partial charge in [-0.25, -0.2) is 0 Å². The van der Waals surface area contributed by atoms with Gasteiger partial charge in [0, 0.05) is 19.6 Å². The summed E-state index contributed by atoms with van der Waals surface area (Å²) in [7, 11) is 0. The third kappa shape index (κ3) is 3.54. The van der Waals surface area contributed by atoms with Crippen LogP contribution in [0.15, 0.2) is 4.99 Å². The van der Waals surface area contributed by atoms with Crippen molar-refractivity contribution in [3.05, 3.63) is 0 Å². The van der Waals surface area contributed by atoms with Crippen molar-refractivity contribution in [3.63, 3.8) is 0 Å². The Kier molecular flexibility index (Phi) is 4.04. The second kappa shape index (κ2) is 5.38. The van der Waals surface area contributed by atoms with Crippen molar-refractivity contribution in [1.29, 1.82) is 0 Å². The van der Waals surface area contributed by atoms with Gasteiger partial charge >= 0.3 is 6.18 Å². The summed E-state index contributed by atoms with van der Waals surface area (Å²) in [5.74, 6) is -0.438. The Morgan fingerprint density at radius 2 is 2.28 bits per heavy atom. The molecule has 1 unspecified atom stereocenters. The number of thioether (sulfide) groups is 1. The lowest BCUT2D eigenvalue weighted by atomic mass is 10.4. The molecule has 18 heavy (non-hydrogen) atoms. The highest BCUT2D eigenvalue weighted by molar-refractivity contribution is 8.14. The Morgan fingerprint density at radius 1 is 1.50 bits per heavy atom. The number of nitrogens with zero attached hydrogens (tertiary/aromatic N) is 2. The normalized spacial score (nSPS) is 25.1. The lowest BCUT2D eigenvalue weighted by Crippen LogP contribution is -2.37. The number of rotatable bonds is 2. The van der Waals surface area contributed by atoms with Crippen LogP contribution in [-0.2, 0) is 4.79 Å². The number of carbonyl (C=O) groups excluding carboxylic acids is 1. The SMILES string of the molecule is O=C1C(SC2=NCCCN2)CCN1CC(F)(F)F. The minimum atomic E-state index is -4.32. The Bertz CT molecular complexity index is 359. The van der Waals surface area contributed by atoms with Gasteiger partial charge in [0.15, 0.2) is 5.17 Å². The van der Waals surface area contributed by atoms with Crippen molar-refractivity contribution in [3.8, 4) is 0 Å². The molecule has 8 heteroatoms. The predicted molar refractivity (Wildman–Crippen MR) is 63.6 cm³/mol. The molecule has 2 aliphatic heterocycles. The largest absolute Gasteiger partial charge is 0.406 e. The first-order chi connectivity index (χ1) is 8.46. The Labute approximate surface area is 107 Å². The fraction of sp³-hybridized carbons (Fsp3) is 0.800. The summed E-state index contributed by atoms with van der Waals surface area (Å²) < 4.78 is 36.7. The van der Waals surface area contributed by atoms with Crippen molar-refractivity contribution in [2.45, 2.75) is 24.3 Å². The van der Waals surface area contributed by atoms with E-state index in [9.17, 15) is 18.0 Å². The minimum Gasteiger partial charge on any atom is -0.365 e. The van der Waals surface area contributed by atoms with Crippen molar-refractivity contribution in [2.24, 2.45) is 4.99 Å². The molecule has 2 rings (SSSR count). The molecule has 0 aromatic rings. The number of nitrogens with one attached hydrogen (secondary N) is 1. The molecule has 0 aromatic heterocycles. The molecule has 0 saturated carbocycles. The molecular formula is C10H14F3N3OS. The molecule has 1 N–H and O–H groups in total. The number of amidine groups is 1. The Balaban J connectivity index is 1.89. The zero-order chi connectivity index (χ0) is 13.2. The summed E-state index contributed by atoms with van der Waals surface area (Å²) >= 11 is 1.25. The van der Waals surface area contributed by atoms with Gasteiger partial charge in [-0.15, -0.1) is 0 Å². The van der Waals surface area contributed by atoms with E-state index in [1.807, 2.05) is 0 Å². The van der Waals surface area contributed by atoms with Crippen LogP contribution in [0.5, 0.6) is 0 Å². The zero-order valence-corrected chi connectivity index (χ0v) is 10.5. The first-order valence-electron chi connectivity index (χ1n) is 5.76. The van der Waals surface area contributed by atoms with E-state index in [1.54, 1.807) is 0 Å². The number of likely N-dealkylation sites (tertiary alicyclic amines) is 1. The molecular weight excluding hydrogens is 267 g/mol. The molecule has 0 aliphatic carbocycles. The smallest absolute Gasteiger partial charge is 0.365 e. The maximum Gasteiger partial charge on any atom is 0.406 e. The predicted octanol–water partition coefficient (Wildman–Crippen LogP) is 1.23. The highest BCUT2D eigenvalue weighted by Gasteiger charge is 2.40. The van der Waals surface area contributed by atoms with E-state index >= 15 is 0 Å². The van der Waals surface area contributed by atoms with Crippen molar-refractivity contribution < 1.29 is 18.0 Å². The average Bonchev–Trinajstić information content (AvgIpc) is 2.61. The van der Waals surface area contributed by atoms with Gasteiger partial charge in [-0.3, -0.25) is 9.79 Å². The fourth-order valence-corrected chi connectivity index (χ4v) is 3.01. The van der Waals surface area contributed by atoms with E-state index in [2.05, 4.69) is 10.3 Å². The van der Waals surface area contributed by atoms with E-state index < -0.39 is 23.9 Å². The molecule has 0 spiro atoms. The Morgan fingerprint density at radius 3 is 2.89 bits per heavy atom. The molecule has 0 radical (unpaired) electrons. The van der Waals surface area contributed by atoms with Crippen LogP contribution in [-0.4, -0.2) is 53.6 Å². The van der Waals surface area contributed by atoms with Crippen molar-refractivity contribution in [2.75, 3.05) is 26.2 Å². The minimum absolute atomic E-state index is 0.170. The van der Waals surface area contributed by atoms with Crippen LogP contribution >= 0.6 is 11.8 Å². The van der Waals surface area contributed by atoms with E-state index in [1.165, 1.54) is 11.8 Å². The first kappa shape index (κ1) is 13.5. The lowest BCUT2D eigenvalue weighted by molar-refractivity contribution is -0.157. The van der Waals surface area contributed by atoms with Crippen LogP contribution in [0.3, 0.4) is 0 Å². The van der Waals surface area contributed by atoms with Crippen molar-refractivity contribution in [1.82, 2.24) is 10.2 Å². The van der Waals surface area contributed by atoms with Gasteiger partial charge in [0.25, 0.3) is 0 Å². The maximum absolute atomic E-state index is 12.2. The van der Waals surface area contributed by atoms with E-state index in [4.69, 9.17) is 0 Å². The number of halogens is 3. The number of hydrogen-bond donors (Lipinski definition) is 1. The van der Waals surface area contributed by atoms with Crippen LogP contribution in [0.25, 0.3) is 0 Å². The van der Waals surface area contributed by atoms with Crippen LogP contribution in [0.4, 0.5) is 13.2 Å². The maximum atomic E-state index is 12.2. The van der Waals surface area contributed by atoms with Crippen molar-refractivity contribution >= 4 is 22.8 Å². The molecule has 102 valence electrons. The summed E-state index contributed by atoms with van der Waals surface area (Å²) in [6.07, 6.45) is -2.93. The number of alkyl halides is 3. The summed E-state index contributed by atoms with van der Waals surface area (Å²) in [5.41, 5.74) is 0. The lowest BCUT2D eigenvalue weighted by Gasteiger charge is -2.19. The molecule has 1 amide bonds. The second-order valence-electron chi connectivity index (χ2n) is 4.24. The van der Waals surface area contributed by atoms with E-state index in [0.717, 1.165) is 17.9 Å². The molecule has 0 aromatic carbocycles.